The van der Waals surface area contributed by atoms with E-state index < -0.39 is 0 Å². The Labute approximate surface area is 188 Å². The molecule has 0 fully saturated rings. The molecule has 0 aliphatic heterocycles. The Kier molecular flexibility index (Phi) is 4.55. The fraction of sp³-hybridized carbons (Fsp3) is 0. The maximum absolute atomic E-state index is 3.76. The minimum absolute atomic E-state index is 1.09. The minimum atomic E-state index is 1.09. The van der Waals surface area contributed by atoms with Gasteiger partial charge < -0.3 is 0 Å². The molecule has 0 aliphatic rings. The zero-order chi connectivity index (χ0) is 21.3. The number of hydrogen-bond acceptors (Lipinski definition) is 0. The molecule has 2 radical (unpaired) electrons. The first kappa shape index (κ1) is 18.6. The summed E-state index contributed by atoms with van der Waals surface area (Å²) in [6, 6.07) is 50.1. The first-order valence-electron chi connectivity index (χ1n) is 10.9. The molecule has 6 aromatic rings. The molecule has 0 nitrogen and oxygen atoms in total. The molecule has 0 spiro atoms. The maximum atomic E-state index is 3.76. The average molecular weight is 405 g/mol. The lowest BCUT2D eigenvalue weighted by Crippen LogP contribution is -1.90. The minimum Gasteiger partial charge on any atom is -0.0622 e. The van der Waals surface area contributed by atoms with Crippen LogP contribution in [-0.4, -0.2) is 0 Å². The van der Waals surface area contributed by atoms with Crippen LogP contribution in [0.1, 0.15) is 0 Å². The molecule has 6 rings (SSSR count). The predicted octanol–water partition coefficient (Wildman–Crippen LogP) is 8.59. The second kappa shape index (κ2) is 7.83. The number of rotatable bonds is 3. The van der Waals surface area contributed by atoms with E-state index >= 15 is 0 Å². The van der Waals surface area contributed by atoms with E-state index in [2.05, 4.69) is 133 Å². The van der Waals surface area contributed by atoms with Gasteiger partial charge >= 0.3 is 0 Å². The summed E-state index contributed by atoms with van der Waals surface area (Å²) < 4.78 is 0. The Hall–Kier alpha value is -4.16. The molecule has 0 heterocycles. The lowest BCUT2D eigenvalue weighted by molar-refractivity contribution is 1.60. The summed E-state index contributed by atoms with van der Waals surface area (Å²) in [6.07, 6.45) is 0. The third-order valence-electron chi connectivity index (χ3n) is 6.00. The van der Waals surface area contributed by atoms with Gasteiger partial charge in [0, 0.05) is 0 Å². The average Bonchev–Trinajstić information content (AvgIpc) is 2.88. The van der Waals surface area contributed by atoms with Gasteiger partial charge in [0.2, 0.25) is 0 Å². The molecular weight excluding hydrogens is 384 g/mol. The van der Waals surface area contributed by atoms with Crippen molar-refractivity contribution in [1.29, 1.82) is 0 Å². The molecule has 0 saturated heterocycles. The fourth-order valence-corrected chi connectivity index (χ4v) is 4.43. The Balaban J connectivity index is 1.70. The monoisotopic (exact) mass is 404 g/mol. The zero-order valence-electron chi connectivity index (χ0n) is 17.5. The Morgan fingerprint density at radius 3 is 1.19 bits per heavy atom. The summed E-state index contributed by atoms with van der Waals surface area (Å²) in [5.41, 5.74) is 6.72. The van der Waals surface area contributed by atoms with Crippen LogP contribution >= 0.6 is 0 Å². The van der Waals surface area contributed by atoms with E-state index in [4.69, 9.17) is 0 Å². The van der Waals surface area contributed by atoms with E-state index in [1.807, 2.05) is 0 Å². The third kappa shape index (κ3) is 3.27. The van der Waals surface area contributed by atoms with Crippen molar-refractivity contribution in [1.82, 2.24) is 0 Å². The van der Waals surface area contributed by atoms with Gasteiger partial charge in [0.15, 0.2) is 0 Å². The largest absolute Gasteiger partial charge is 0.0622 e. The van der Waals surface area contributed by atoms with Gasteiger partial charge in [-0.15, -0.1) is 0 Å². The van der Waals surface area contributed by atoms with E-state index in [-0.39, 0.29) is 0 Å². The van der Waals surface area contributed by atoms with Crippen molar-refractivity contribution < 1.29 is 0 Å². The molecule has 148 valence electrons. The van der Waals surface area contributed by atoms with Crippen molar-refractivity contribution in [2.24, 2.45) is 0 Å². The van der Waals surface area contributed by atoms with Gasteiger partial charge in [0.25, 0.3) is 0 Å². The number of fused-ring (bicyclic) bond motifs is 2. The Bertz CT molecular complexity index is 1420. The molecular formula is C32H20. The van der Waals surface area contributed by atoms with Gasteiger partial charge in [-0.25, -0.2) is 0 Å². The van der Waals surface area contributed by atoms with Gasteiger partial charge in [-0.2, -0.15) is 0 Å². The predicted molar refractivity (Wildman–Crippen MR) is 135 cm³/mol. The molecule has 0 heteroatoms. The summed E-state index contributed by atoms with van der Waals surface area (Å²) >= 11 is 0. The van der Waals surface area contributed by atoms with Crippen LogP contribution in [0.4, 0.5) is 0 Å². The van der Waals surface area contributed by atoms with Crippen LogP contribution in [-0.2, 0) is 0 Å². The van der Waals surface area contributed by atoms with Crippen LogP contribution in [0.3, 0.4) is 0 Å². The van der Waals surface area contributed by atoms with Crippen LogP contribution < -0.4 is 0 Å². The molecule has 0 N–H and O–H groups in total. The zero-order valence-corrected chi connectivity index (χ0v) is 17.5. The van der Waals surface area contributed by atoms with Crippen molar-refractivity contribution in [3.63, 3.8) is 0 Å². The molecule has 32 heavy (non-hydrogen) atoms. The third-order valence-corrected chi connectivity index (χ3v) is 6.00. The van der Waals surface area contributed by atoms with E-state index in [0.717, 1.165) is 22.3 Å². The smallest absolute Gasteiger partial charge is 0.000719 e. The van der Waals surface area contributed by atoms with Crippen molar-refractivity contribution in [2.45, 2.75) is 0 Å². The Morgan fingerprint density at radius 2 is 0.750 bits per heavy atom. The molecule has 0 aromatic heterocycles. The van der Waals surface area contributed by atoms with Crippen LogP contribution in [0.5, 0.6) is 0 Å². The highest BCUT2D eigenvalue weighted by atomic mass is 14.2. The van der Waals surface area contributed by atoms with E-state index in [1.54, 1.807) is 0 Å². The molecule has 0 atom stereocenters. The van der Waals surface area contributed by atoms with Gasteiger partial charge in [-0.3, -0.25) is 0 Å². The number of benzene rings is 6. The quantitative estimate of drug-likeness (QED) is 0.277. The summed E-state index contributed by atoms with van der Waals surface area (Å²) in [4.78, 5) is 0. The fourth-order valence-electron chi connectivity index (χ4n) is 4.43. The number of hydrogen-bond donors (Lipinski definition) is 0. The molecule has 0 saturated carbocycles. The van der Waals surface area contributed by atoms with Crippen molar-refractivity contribution in [2.75, 3.05) is 0 Å². The highest BCUT2D eigenvalue weighted by molar-refractivity contribution is 6.08. The van der Waals surface area contributed by atoms with Crippen molar-refractivity contribution >= 4 is 21.5 Å². The van der Waals surface area contributed by atoms with Crippen LogP contribution in [0.25, 0.3) is 54.9 Å². The van der Waals surface area contributed by atoms with Crippen molar-refractivity contribution in [3.05, 3.63) is 133 Å². The van der Waals surface area contributed by atoms with Crippen LogP contribution in [0.2, 0.25) is 0 Å². The van der Waals surface area contributed by atoms with Crippen LogP contribution in [0, 0.1) is 12.1 Å². The second-order valence-electron chi connectivity index (χ2n) is 8.02. The van der Waals surface area contributed by atoms with E-state index in [9.17, 15) is 0 Å². The lowest BCUT2D eigenvalue weighted by Gasteiger charge is -2.14. The Morgan fingerprint density at radius 1 is 0.375 bits per heavy atom. The first-order chi connectivity index (χ1) is 15.9. The molecule has 0 amide bonds. The normalized spacial score (nSPS) is 11.1. The lowest BCUT2D eigenvalue weighted by atomic mass is 9.88. The second-order valence-corrected chi connectivity index (χ2v) is 8.02. The summed E-state index contributed by atoms with van der Waals surface area (Å²) in [7, 11) is 0. The van der Waals surface area contributed by atoms with Gasteiger partial charge in [-0.1, -0.05) is 109 Å². The van der Waals surface area contributed by atoms with E-state index in [0.29, 0.717) is 0 Å². The van der Waals surface area contributed by atoms with Gasteiger partial charge in [0.1, 0.15) is 0 Å². The maximum Gasteiger partial charge on any atom is -0.000719 e. The molecule has 6 aromatic carbocycles. The standard InChI is InChI=1S/C32H20/c1-3-11-23(12-4-1)27-19-25-15-7-9-17-29(25)31(21-27)32-22-28(24-13-5-2-6-14-24)20-26-16-8-10-18-30(26)32/h1-20H. The molecule has 0 unspecified atom stereocenters. The van der Waals surface area contributed by atoms with Gasteiger partial charge in [0.05, 0.1) is 0 Å². The van der Waals surface area contributed by atoms with Gasteiger partial charge in [-0.05, 0) is 79.2 Å². The van der Waals surface area contributed by atoms with E-state index in [1.165, 1.54) is 32.7 Å². The van der Waals surface area contributed by atoms with Crippen LogP contribution in [0.15, 0.2) is 121 Å². The summed E-state index contributed by atoms with van der Waals surface area (Å²) in [6.45, 7) is 0. The summed E-state index contributed by atoms with van der Waals surface area (Å²) in [5, 5.41) is 4.81. The van der Waals surface area contributed by atoms with Crippen molar-refractivity contribution in [3.8, 4) is 33.4 Å². The highest BCUT2D eigenvalue weighted by Crippen LogP contribution is 2.39. The molecule has 0 aliphatic carbocycles. The first-order valence-corrected chi connectivity index (χ1v) is 10.9. The highest BCUT2D eigenvalue weighted by Gasteiger charge is 2.13. The molecule has 0 bridgehead atoms. The SMILES string of the molecule is [c]1c(-c2ccccc2)cc2ccccc2c1-c1[c]c(-c2ccccc2)cc2ccccc12. The topological polar surface area (TPSA) is 0 Å². The summed E-state index contributed by atoms with van der Waals surface area (Å²) in [5.74, 6) is 0.